The Morgan fingerprint density at radius 1 is 0.730 bits per heavy atom. The summed E-state index contributed by atoms with van der Waals surface area (Å²) in [7, 11) is 0. The van der Waals surface area contributed by atoms with Crippen LogP contribution in [0.5, 0.6) is 5.75 Å². The topological polar surface area (TPSA) is 9.23 Å². The molecule has 3 aliphatic rings. The summed E-state index contributed by atoms with van der Waals surface area (Å²) in [5.74, 6) is 2.91. The predicted octanol–water partition coefficient (Wildman–Crippen LogP) is 10.5. The summed E-state index contributed by atoms with van der Waals surface area (Å²) in [4.78, 5) is 0. The van der Waals surface area contributed by atoms with Gasteiger partial charge in [-0.05, 0) is 98.5 Å². The van der Waals surface area contributed by atoms with Gasteiger partial charge in [0.1, 0.15) is 0 Å². The smallest absolute Gasteiger partial charge is 0.200 e. The second-order valence-corrected chi connectivity index (χ2v) is 12.7. The third-order valence-electron chi connectivity index (χ3n) is 10.1. The monoisotopic (exact) mass is 514 g/mol. The number of unbranched alkanes of at least 4 members (excludes halogenated alkanes) is 2. The molecule has 0 N–H and O–H groups in total. The van der Waals surface area contributed by atoms with Crippen LogP contribution in [0.2, 0.25) is 0 Å². The molecule has 0 spiro atoms. The van der Waals surface area contributed by atoms with Gasteiger partial charge < -0.3 is 4.74 Å². The maximum Gasteiger partial charge on any atom is 0.200 e. The minimum absolute atomic E-state index is 0.0827. The van der Waals surface area contributed by atoms with Crippen molar-refractivity contribution in [1.82, 2.24) is 0 Å². The molecule has 1 aromatic carbocycles. The zero-order valence-electron chi connectivity index (χ0n) is 23.7. The highest BCUT2D eigenvalue weighted by molar-refractivity contribution is 5.31. The van der Waals surface area contributed by atoms with E-state index < -0.39 is 11.6 Å². The molecule has 3 aliphatic carbocycles. The number of hydrogen-bond donors (Lipinski definition) is 0. The summed E-state index contributed by atoms with van der Waals surface area (Å²) in [6.45, 7) is 5.05. The molecule has 4 rings (SSSR count). The lowest BCUT2D eigenvalue weighted by Crippen LogP contribution is -2.23. The van der Waals surface area contributed by atoms with Gasteiger partial charge in [0, 0.05) is 0 Å². The van der Waals surface area contributed by atoms with Gasteiger partial charge in [0.15, 0.2) is 11.6 Å². The van der Waals surface area contributed by atoms with E-state index in [0.29, 0.717) is 30.4 Å². The Morgan fingerprint density at radius 2 is 1.46 bits per heavy atom. The van der Waals surface area contributed by atoms with Crippen LogP contribution >= 0.6 is 0 Å². The van der Waals surface area contributed by atoms with Crippen LogP contribution in [0.1, 0.15) is 122 Å². The molecule has 0 radical (unpaired) electrons. The highest BCUT2D eigenvalue weighted by Gasteiger charge is 2.28. The normalized spacial score (nSPS) is 30.4. The van der Waals surface area contributed by atoms with E-state index in [0.717, 1.165) is 42.9 Å². The van der Waals surface area contributed by atoms with E-state index >= 15 is 0 Å². The van der Waals surface area contributed by atoms with Gasteiger partial charge in [0.05, 0.1) is 6.61 Å². The molecular weight excluding hydrogens is 462 g/mol. The Morgan fingerprint density at radius 3 is 2.14 bits per heavy atom. The summed E-state index contributed by atoms with van der Waals surface area (Å²) in [5.41, 5.74) is 0.491. The molecule has 3 heteroatoms. The van der Waals surface area contributed by atoms with Crippen molar-refractivity contribution < 1.29 is 13.5 Å². The van der Waals surface area contributed by atoms with Crippen molar-refractivity contribution in [2.24, 2.45) is 35.5 Å². The van der Waals surface area contributed by atoms with Crippen molar-refractivity contribution >= 4 is 0 Å². The van der Waals surface area contributed by atoms with E-state index in [4.69, 9.17) is 4.74 Å². The number of benzene rings is 1. The zero-order chi connectivity index (χ0) is 26.0. The molecule has 1 nitrogen and oxygen atoms in total. The van der Waals surface area contributed by atoms with Crippen molar-refractivity contribution in [2.45, 2.75) is 123 Å². The van der Waals surface area contributed by atoms with E-state index in [1.807, 2.05) is 0 Å². The minimum Gasteiger partial charge on any atom is -0.490 e. The number of ether oxygens (including phenoxy) is 1. The van der Waals surface area contributed by atoms with Crippen LogP contribution in [0.25, 0.3) is 0 Å². The molecule has 37 heavy (non-hydrogen) atoms. The summed E-state index contributed by atoms with van der Waals surface area (Å²) in [6.07, 6.45) is 26.0. The maximum absolute atomic E-state index is 14.8. The number of rotatable bonds is 12. The lowest BCUT2D eigenvalue weighted by molar-refractivity contribution is 0.175. The van der Waals surface area contributed by atoms with Gasteiger partial charge in [-0.1, -0.05) is 89.9 Å². The van der Waals surface area contributed by atoms with Crippen LogP contribution in [0, 0.1) is 47.1 Å². The van der Waals surface area contributed by atoms with E-state index in [9.17, 15) is 8.78 Å². The highest BCUT2D eigenvalue weighted by Crippen LogP contribution is 2.40. The summed E-state index contributed by atoms with van der Waals surface area (Å²) in [6, 6.07) is 3.40. The molecule has 2 saturated carbocycles. The van der Waals surface area contributed by atoms with Crippen molar-refractivity contribution in [3.05, 3.63) is 41.5 Å². The van der Waals surface area contributed by atoms with E-state index in [-0.39, 0.29) is 5.75 Å². The van der Waals surface area contributed by atoms with Gasteiger partial charge in [0.2, 0.25) is 5.82 Å². The standard InChI is InChI=1S/C34H52F2O/c1-3-5-6-7-26-12-17-29(18-13-26)30-19-14-27(15-20-30)16-21-31-22-23-32(34(36)33(31)35)37-24-28-10-8-25(4-2)9-11-28/h14,19,22-23,25-30H,3-13,15-18,20-21,24H2,1-2H3. The molecule has 0 saturated heterocycles. The van der Waals surface area contributed by atoms with Gasteiger partial charge in [-0.15, -0.1) is 0 Å². The van der Waals surface area contributed by atoms with Crippen LogP contribution in [0.15, 0.2) is 24.3 Å². The first kappa shape index (κ1) is 28.6. The fraction of sp³-hybridized carbons (Fsp3) is 0.765. The lowest BCUT2D eigenvalue weighted by atomic mass is 9.71. The van der Waals surface area contributed by atoms with Crippen LogP contribution in [0.3, 0.4) is 0 Å². The third-order valence-corrected chi connectivity index (χ3v) is 10.1. The summed E-state index contributed by atoms with van der Waals surface area (Å²) in [5, 5.41) is 0. The Labute approximate surface area is 225 Å². The van der Waals surface area contributed by atoms with Gasteiger partial charge in [-0.3, -0.25) is 0 Å². The lowest BCUT2D eigenvalue weighted by Gasteiger charge is -2.35. The molecule has 0 aliphatic heterocycles. The van der Waals surface area contributed by atoms with Crippen LogP contribution in [-0.4, -0.2) is 6.61 Å². The number of hydrogen-bond acceptors (Lipinski definition) is 1. The van der Waals surface area contributed by atoms with Crippen LogP contribution in [-0.2, 0) is 6.42 Å². The third kappa shape index (κ3) is 8.30. The SMILES string of the molecule is CCCCCC1CCC(C2C=CC(CCc3ccc(OCC4CCC(CC)CC4)c(F)c3F)CC2)CC1. The first-order valence-corrected chi connectivity index (χ1v) is 15.8. The average molecular weight is 515 g/mol. The van der Waals surface area contributed by atoms with E-state index in [1.54, 1.807) is 12.1 Å². The fourth-order valence-corrected chi connectivity index (χ4v) is 7.35. The Hall–Kier alpha value is -1.38. The first-order chi connectivity index (χ1) is 18.1. The molecule has 208 valence electrons. The predicted molar refractivity (Wildman–Crippen MR) is 151 cm³/mol. The van der Waals surface area contributed by atoms with E-state index in [1.165, 1.54) is 83.5 Å². The maximum atomic E-state index is 14.8. The van der Waals surface area contributed by atoms with Crippen molar-refractivity contribution in [2.75, 3.05) is 6.61 Å². The molecule has 2 unspecified atom stereocenters. The zero-order valence-corrected chi connectivity index (χ0v) is 23.7. The Kier molecular flexibility index (Phi) is 11.4. The fourth-order valence-electron chi connectivity index (χ4n) is 7.35. The van der Waals surface area contributed by atoms with Gasteiger partial charge in [-0.2, -0.15) is 4.39 Å². The Bertz CT molecular complexity index is 832. The second kappa shape index (κ2) is 14.7. The molecule has 0 heterocycles. The molecule has 0 bridgehead atoms. The van der Waals surface area contributed by atoms with Crippen LogP contribution in [0.4, 0.5) is 8.78 Å². The quantitative estimate of drug-likeness (QED) is 0.199. The highest BCUT2D eigenvalue weighted by atomic mass is 19.2. The van der Waals surface area contributed by atoms with Gasteiger partial charge in [0.25, 0.3) is 0 Å². The molecule has 0 aromatic heterocycles. The Balaban J connectivity index is 1.18. The molecule has 1 aromatic rings. The second-order valence-electron chi connectivity index (χ2n) is 12.7. The number of aryl methyl sites for hydroxylation is 1. The molecule has 2 atom stereocenters. The molecular formula is C34H52F2O. The number of allylic oxidation sites excluding steroid dienone is 2. The van der Waals surface area contributed by atoms with E-state index in [2.05, 4.69) is 26.0 Å². The van der Waals surface area contributed by atoms with Crippen molar-refractivity contribution in [3.63, 3.8) is 0 Å². The molecule has 2 fully saturated rings. The minimum atomic E-state index is -0.802. The average Bonchev–Trinajstić information content (AvgIpc) is 2.94. The van der Waals surface area contributed by atoms with Gasteiger partial charge in [-0.25, -0.2) is 4.39 Å². The van der Waals surface area contributed by atoms with Crippen molar-refractivity contribution in [3.8, 4) is 5.75 Å². The van der Waals surface area contributed by atoms with Crippen LogP contribution < -0.4 is 4.74 Å². The van der Waals surface area contributed by atoms with Gasteiger partial charge >= 0.3 is 0 Å². The largest absolute Gasteiger partial charge is 0.490 e. The first-order valence-electron chi connectivity index (χ1n) is 15.8. The number of halogens is 2. The summed E-state index contributed by atoms with van der Waals surface area (Å²) < 4.78 is 35.3. The van der Waals surface area contributed by atoms with Crippen molar-refractivity contribution in [1.29, 1.82) is 0 Å². The summed E-state index contributed by atoms with van der Waals surface area (Å²) >= 11 is 0. The molecule has 0 amide bonds.